The fraction of sp³-hybridized carbons (Fsp3) is 0. The molecule has 0 radical (unpaired) electrons. The van der Waals surface area contributed by atoms with Gasteiger partial charge in [-0.25, -0.2) is 0 Å². The van der Waals surface area contributed by atoms with Crippen molar-refractivity contribution >= 4 is 32.5 Å². The van der Waals surface area contributed by atoms with E-state index >= 15 is 0 Å². The number of fused-ring (bicyclic) bond motifs is 1. The third-order valence-corrected chi connectivity index (χ3v) is 3.40. The molecule has 3 aromatic rings. The summed E-state index contributed by atoms with van der Waals surface area (Å²) in [5.74, 6) is 1.50. The van der Waals surface area contributed by atoms with Crippen LogP contribution in [0.4, 0.5) is 5.69 Å². The van der Waals surface area contributed by atoms with Crippen LogP contribution in [0.3, 0.4) is 0 Å². The van der Waals surface area contributed by atoms with Crippen LogP contribution >= 0.6 is 15.9 Å². The van der Waals surface area contributed by atoms with Gasteiger partial charge in [0.2, 0.25) is 0 Å². The first kappa shape index (κ1) is 12.0. The molecular weight excluding hydrogens is 304 g/mol. The van der Waals surface area contributed by atoms with E-state index < -0.39 is 0 Å². The van der Waals surface area contributed by atoms with E-state index in [0.717, 1.165) is 26.9 Å². The number of nitrogen functional groups attached to an aromatic ring is 1. The number of pyridine rings is 1. The van der Waals surface area contributed by atoms with Gasteiger partial charge in [0.25, 0.3) is 0 Å². The molecule has 0 atom stereocenters. The summed E-state index contributed by atoms with van der Waals surface area (Å²) in [6.45, 7) is 0. The van der Waals surface area contributed by atoms with E-state index in [1.54, 1.807) is 6.20 Å². The quantitative estimate of drug-likeness (QED) is 0.714. The van der Waals surface area contributed by atoms with Gasteiger partial charge in [-0.05, 0) is 58.4 Å². The molecule has 0 spiro atoms. The first-order chi connectivity index (χ1) is 9.24. The number of rotatable bonds is 2. The Bertz CT molecular complexity index is 738. The molecule has 0 saturated heterocycles. The van der Waals surface area contributed by atoms with Crippen molar-refractivity contribution < 1.29 is 4.74 Å². The van der Waals surface area contributed by atoms with Crippen LogP contribution in [0.25, 0.3) is 10.9 Å². The van der Waals surface area contributed by atoms with Crippen LogP contribution in [0.15, 0.2) is 59.2 Å². The summed E-state index contributed by atoms with van der Waals surface area (Å²) in [7, 11) is 0. The summed E-state index contributed by atoms with van der Waals surface area (Å²) in [5.41, 5.74) is 7.32. The van der Waals surface area contributed by atoms with Crippen LogP contribution in [-0.4, -0.2) is 4.98 Å². The lowest BCUT2D eigenvalue weighted by molar-refractivity contribution is 0.485. The second-order valence-electron chi connectivity index (χ2n) is 4.12. The van der Waals surface area contributed by atoms with Gasteiger partial charge in [-0.3, -0.25) is 4.98 Å². The van der Waals surface area contributed by atoms with Crippen LogP contribution in [0, 0.1) is 0 Å². The molecule has 1 aromatic heterocycles. The molecule has 3 nitrogen and oxygen atoms in total. The molecule has 0 unspecified atom stereocenters. The first-order valence-corrected chi connectivity index (χ1v) is 6.60. The van der Waals surface area contributed by atoms with Gasteiger partial charge in [-0.2, -0.15) is 0 Å². The molecule has 1 heterocycles. The third-order valence-electron chi connectivity index (χ3n) is 2.78. The van der Waals surface area contributed by atoms with Crippen LogP contribution in [0.2, 0.25) is 0 Å². The predicted octanol–water partition coefficient (Wildman–Crippen LogP) is 4.37. The van der Waals surface area contributed by atoms with E-state index in [9.17, 15) is 0 Å². The molecule has 0 amide bonds. The van der Waals surface area contributed by atoms with Crippen molar-refractivity contribution in [2.45, 2.75) is 0 Å². The van der Waals surface area contributed by atoms with E-state index in [-0.39, 0.29) is 0 Å². The highest BCUT2D eigenvalue weighted by Crippen LogP contribution is 2.34. The summed E-state index contributed by atoms with van der Waals surface area (Å²) in [5, 5.41) is 0.980. The van der Waals surface area contributed by atoms with E-state index in [4.69, 9.17) is 10.5 Å². The lowest BCUT2D eigenvalue weighted by atomic mass is 10.2. The third kappa shape index (κ3) is 2.39. The van der Waals surface area contributed by atoms with Gasteiger partial charge < -0.3 is 10.5 Å². The van der Waals surface area contributed by atoms with Crippen molar-refractivity contribution in [2.24, 2.45) is 0 Å². The molecule has 94 valence electrons. The first-order valence-electron chi connectivity index (χ1n) is 5.81. The van der Waals surface area contributed by atoms with E-state index in [1.807, 2.05) is 48.5 Å². The lowest BCUT2D eigenvalue weighted by Crippen LogP contribution is -1.90. The zero-order valence-electron chi connectivity index (χ0n) is 10.0. The Morgan fingerprint density at radius 1 is 1.00 bits per heavy atom. The molecular formula is C15H11BrN2O. The van der Waals surface area contributed by atoms with Crippen molar-refractivity contribution in [2.75, 3.05) is 5.73 Å². The molecule has 4 heteroatoms. The van der Waals surface area contributed by atoms with Crippen molar-refractivity contribution in [3.05, 3.63) is 59.2 Å². The van der Waals surface area contributed by atoms with Gasteiger partial charge in [0.1, 0.15) is 11.5 Å². The molecule has 0 aliphatic carbocycles. The molecule has 0 aliphatic heterocycles. The number of aromatic nitrogens is 1. The van der Waals surface area contributed by atoms with Gasteiger partial charge in [-0.15, -0.1) is 0 Å². The minimum absolute atomic E-state index is 0.693. The number of halogens is 1. The monoisotopic (exact) mass is 314 g/mol. The Morgan fingerprint density at radius 2 is 1.89 bits per heavy atom. The van der Waals surface area contributed by atoms with Crippen molar-refractivity contribution in [3.63, 3.8) is 0 Å². The number of anilines is 1. The highest BCUT2D eigenvalue weighted by Gasteiger charge is 2.06. The van der Waals surface area contributed by atoms with E-state index in [0.29, 0.717) is 5.69 Å². The van der Waals surface area contributed by atoms with Crippen molar-refractivity contribution in [3.8, 4) is 11.5 Å². The zero-order chi connectivity index (χ0) is 13.2. The number of ether oxygens (including phenoxy) is 1. The Hall–Kier alpha value is -2.07. The van der Waals surface area contributed by atoms with Crippen molar-refractivity contribution in [1.82, 2.24) is 4.98 Å². The number of nitrogens with zero attached hydrogens (tertiary/aromatic N) is 1. The summed E-state index contributed by atoms with van der Waals surface area (Å²) in [6.07, 6.45) is 1.77. The standard InChI is InChI=1S/C15H11BrN2O/c16-12-9-10(17)6-7-15(12)19-14-5-1-4-13-11(14)3-2-8-18-13/h1-9H,17H2. The van der Waals surface area contributed by atoms with E-state index in [2.05, 4.69) is 20.9 Å². The highest BCUT2D eigenvalue weighted by atomic mass is 79.9. The van der Waals surface area contributed by atoms with Crippen LogP contribution in [-0.2, 0) is 0 Å². The Kier molecular flexibility index (Phi) is 3.09. The molecule has 2 N–H and O–H groups in total. The number of hydrogen-bond acceptors (Lipinski definition) is 3. The molecule has 3 rings (SSSR count). The van der Waals surface area contributed by atoms with Gasteiger partial charge in [0, 0.05) is 17.3 Å². The molecule has 0 bridgehead atoms. The molecule has 0 fully saturated rings. The zero-order valence-corrected chi connectivity index (χ0v) is 11.6. The maximum Gasteiger partial charge on any atom is 0.141 e. The maximum atomic E-state index is 5.93. The number of nitrogens with two attached hydrogens (primary N) is 1. The maximum absolute atomic E-state index is 5.93. The van der Waals surface area contributed by atoms with Gasteiger partial charge in [-0.1, -0.05) is 6.07 Å². The SMILES string of the molecule is Nc1ccc(Oc2cccc3ncccc23)c(Br)c1. The van der Waals surface area contributed by atoms with Gasteiger partial charge >= 0.3 is 0 Å². The Morgan fingerprint density at radius 3 is 2.74 bits per heavy atom. The predicted molar refractivity (Wildman–Crippen MR) is 80.4 cm³/mol. The van der Waals surface area contributed by atoms with Gasteiger partial charge in [0.05, 0.1) is 9.99 Å². The molecule has 2 aromatic carbocycles. The fourth-order valence-corrected chi connectivity index (χ4v) is 2.36. The topological polar surface area (TPSA) is 48.1 Å². The second kappa shape index (κ2) is 4.90. The minimum Gasteiger partial charge on any atom is -0.455 e. The minimum atomic E-state index is 0.693. The summed E-state index contributed by atoms with van der Waals surface area (Å²) in [6, 6.07) is 15.2. The molecule has 19 heavy (non-hydrogen) atoms. The molecule has 0 aliphatic rings. The number of benzene rings is 2. The molecule has 0 saturated carbocycles. The highest BCUT2D eigenvalue weighted by molar-refractivity contribution is 9.10. The lowest BCUT2D eigenvalue weighted by Gasteiger charge is -2.10. The summed E-state index contributed by atoms with van der Waals surface area (Å²) in [4.78, 5) is 4.31. The van der Waals surface area contributed by atoms with Gasteiger partial charge in [0.15, 0.2) is 0 Å². The second-order valence-corrected chi connectivity index (χ2v) is 4.97. The number of hydrogen-bond donors (Lipinski definition) is 1. The Balaban J connectivity index is 2.06. The smallest absolute Gasteiger partial charge is 0.141 e. The van der Waals surface area contributed by atoms with Crippen molar-refractivity contribution in [1.29, 1.82) is 0 Å². The fourth-order valence-electron chi connectivity index (χ4n) is 1.88. The van der Waals surface area contributed by atoms with Crippen LogP contribution in [0.1, 0.15) is 0 Å². The average Bonchev–Trinajstić information content (AvgIpc) is 2.42. The van der Waals surface area contributed by atoms with Crippen LogP contribution < -0.4 is 10.5 Å². The Labute approximate surface area is 119 Å². The summed E-state index contributed by atoms with van der Waals surface area (Å²) < 4.78 is 6.76. The normalized spacial score (nSPS) is 10.6. The van der Waals surface area contributed by atoms with Crippen LogP contribution in [0.5, 0.6) is 11.5 Å². The average molecular weight is 315 g/mol. The largest absolute Gasteiger partial charge is 0.455 e. The van der Waals surface area contributed by atoms with E-state index in [1.165, 1.54) is 0 Å². The summed E-state index contributed by atoms with van der Waals surface area (Å²) >= 11 is 3.45.